The Hall–Kier alpha value is -3.22. The van der Waals surface area contributed by atoms with Crippen molar-refractivity contribution in [2.24, 2.45) is 0 Å². The summed E-state index contributed by atoms with van der Waals surface area (Å²) >= 11 is 0. The maximum atomic E-state index is 12.5. The number of carbonyl (C=O) groups is 2. The number of carbonyl (C=O) groups excluding carboxylic acids is 2. The maximum Gasteiger partial charge on any atom is 0.256 e. The van der Waals surface area contributed by atoms with Crippen LogP contribution in [-0.4, -0.2) is 31.9 Å². The maximum absolute atomic E-state index is 12.5. The molecular formula is C17H15N5O2. The summed E-state index contributed by atoms with van der Waals surface area (Å²) in [6.45, 7) is 2.48. The van der Waals surface area contributed by atoms with Crippen LogP contribution in [0.4, 0.5) is 5.82 Å². The fraction of sp³-hybridized carbons (Fsp3) is 0.176. The van der Waals surface area contributed by atoms with Crippen LogP contribution in [-0.2, 0) is 17.9 Å². The topological polar surface area (TPSA) is 91.0 Å². The molecule has 0 fully saturated rings. The molecule has 0 spiro atoms. The van der Waals surface area contributed by atoms with E-state index in [0.29, 0.717) is 24.5 Å². The van der Waals surface area contributed by atoms with Crippen LogP contribution < -0.4 is 5.32 Å². The zero-order valence-electron chi connectivity index (χ0n) is 13.0. The Morgan fingerprint density at radius 1 is 1.25 bits per heavy atom. The van der Waals surface area contributed by atoms with Crippen LogP contribution in [0, 0.1) is 0 Å². The molecule has 2 N–H and O–H groups in total. The zero-order chi connectivity index (χ0) is 16.7. The molecule has 1 aliphatic rings. The molecule has 1 aliphatic heterocycles. The Labute approximate surface area is 137 Å². The summed E-state index contributed by atoms with van der Waals surface area (Å²) in [5, 5.41) is 10.8. The predicted octanol–water partition coefficient (Wildman–Crippen LogP) is 2.07. The van der Waals surface area contributed by atoms with Crippen molar-refractivity contribution in [3.63, 3.8) is 0 Å². The number of H-pyrrole nitrogens is 1. The van der Waals surface area contributed by atoms with E-state index in [-0.39, 0.29) is 11.8 Å². The number of fused-ring (bicyclic) bond motifs is 2. The van der Waals surface area contributed by atoms with Crippen LogP contribution in [0.3, 0.4) is 0 Å². The first kappa shape index (κ1) is 14.4. The molecule has 1 aromatic carbocycles. The first-order valence-corrected chi connectivity index (χ1v) is 7.59. The largest absolute Gasteiger partial charge is 0.333 e. The van der Waals surface area contributed by atoms with Gasteiger partial charge in [0.05, 0.1) is 24.3 Å². The highest BCUT2D eigenvalue weighted by molar-refractivity contribution is 6.06. The van der Waals surface area contributed by atoms with Crippen molar-refractivity contribution in [3.05, 3.63) is 53.3 Å². The number of benzene rings is 1. The number of nitrogens with one attached hydrogen (secondary N) is 2. The number of pyridine rings is 1. The van der Waals surface area contributed by atoms with Crippen LogP contribution in [0.25, 0.3) is 10.9 Å². The Morgan fingerprint density at radius 3 is 2.96 bits per heavy atom. The van der Waals surface area contributed by atoms with Gasteiger partial charge >= 0.3 is 0 Å². The summed E-state index contributed by atoms with van der Waals surface area (Å²) < 4.78 is 0. The van der Waals surface area contributed by atoms with Crippen molar-refractivity contribution in [1.29, 1.82) is 0 Å². The third kappa shape index (κ3) is 2.40. The second-order valence-electron chi connectivity index (χ2n) is 5.77. The molecule has 2 amide bonds. The molecular weight excluding hydrogens is 306 g/mol. The van der Waals surface area contributed by atoms with E-state index >= 15 is 0 Å². The fourth-order valence-electron chi connectivity index (χ4n) is 2.86. The first-order valence-electron chi connectivity index (χ1n) is 7.59. The van der Waals surface area contributed by atoms with Gasteiger partial charge in [0.2, 0.25) is 5.91 Å². The van der Waals surface area contributed by atoms with E-state index in [1.165, 1.54) is 6.92 Å². The van der Waals surface area contributed by atoms with Crippen molar-refractivity contribution in [3.8, 4) is 0 Å². The van der Waals surface area contributed by atoms with E-state index in [0.717, 1.165) is 22.2 Å². The number of aromatic amines is 1. The molecule has 3 heterocycles. The van der Waals surface area contributed by atoms with Gasteiger partial charge in [-0.15, -0.1) is 0 Å². The molecule has 0 saturated carbocycles. The molecule has 7 heteroatoms. The van der Waals surface area contributed by atoms with E-state index in [9.17, 15) is 9.59 Å². The smallest absolute Gasteiger partial charge is 0.256 e. The number of rotatable bonds is 2. The predicted molar refractivity (Wildman–Crippen MR) is 88.2 cm³/mol. The lowest BCUT2D eigenvalue weighted by atomic mass is 10.1. The minimum absolute atomic E-state index is 0.00101. The van der Waals surface area contributed by atoms with Gasteiger partial charge in [0.15, 0.2) is 5.82 Å². The fourth-order valence-corrected chi connectivity index (χ4v) is 2.86. The average Bonchev–Trinajstić information content (AvgIpc) is 3.16. The van der Waals surface area contributed by atoms with Crippen molar-refractivity contribution < 1.29 is 9.59 Å². The summed E-state index contributed by atoms with van der Waals surface area (Å²) in [5.41, 5.74) is 3.10. The summed E-state index contributed by atoms with van der Waals surface area (Å²) in [6, 6.07) is 9.10. The van der Waals surface area contributed by atoms with Crippen LogP contribution >= 0.6 is 0 Å². The molecule has 2 aromatic heterocycles. The Kier molecular flexibility index (Phi) is 3.26. The second-order valence-corrected chi connectivity index (χ2v) is 5.77. The Morgan fingerprint density at radius 2 is 2.12 bits per heavy atom. The highest BCUT2D eigenvalue weighted by atomic mass is 16.2. The highest BCUT2D eigenvalue weighted by Crippen LogP contribution is 2.27. The van der Waals surface area contributed by atoms with E-state index in [2.05, 4.69) is 20.5 Å². The summed E-state index contributed by atoms with van der Waals surface area (Å²) in [4.78, 5) is 29.9. The summed E-state index contributed by atoms with van der Waals surface area (Å²) in [7, 11) is 0. The van der Waals surface area contributed by atoms with E-state index in [1.54, 1.807) is 23.2 Å². The third-order valence-electron chi connectivity index (χ3n) is 4.19. The van der Waals surface area contributed by atoms with Gasteiger partial charge in [0.25, 0.3) is 5.91 Å². The number of hydrogen-bond acceptors (Lipinski definition) is 4. The molecule has 0 bridgehead atoms. The van der Waals surface area contributed by atoms with E-state index < -0.39 is 0 Å². The van der Waals surface area contributed by atoms with Gasteiger partial charge in [0.1, 0.15) is 0 Å². The van der Waals surface area contributed by atoms with Gasteiger partial charge in [0, 0.05) is 29.6 Å². The number of anilines is 1. The molecule has 3 aromatic rings. The van der Waals surface area contributed by atoms with Crippen molar-refractivity contribution in [2.75, 3.05) is 5.32 Å². The normalized spacial score (nSPS) is 13.1. The molecule has 0 unspecified atom stereocenters. The van der Waals surface area contributed by atoms with Gasteiger partial charge in [-0.25, -0.2) is 0 Å². The SMILES string of the molecule is CC(=O)N1Cc2[nH]nc(NC(=O)c3ccc4ncccc4c3)c2C1. The van der Waals surface area contributed by atoms with Gasteiger partial charge < -0.3 is 10.2 Å². The molecule has 4 rings (SSSR count). The molecule has 0 saturated heterocycles. The number of nitrogens with zero attached hydrogens (tertiary/aromatic N) is 3. The minimum Gasteiger partial charge on any atom is -0.333 e. The van der Waals surface area contributed by atoms with Gasteiger partial charge in [-0.2, -0.15) is 5.10 Å². The van der Waals surface area contributed by atoms with Crippen molar-refractivity contribution in [1.82, 2.24) is 20.1 Å². The highest BCUT2D eigenvalue weighted by Gasteiger charge is 2.27. The lowest BCUT2D eigenvalue weighted by Gasteiger charge is -2.12. The number of hydrogen-bond donors (Lipinski definition) is 2. The Balaban J connectivity index is 1.58. The number of amides is 2. The van der Waals surface area contributed by atoms with Gasteiger partial charge in [-0.05, 0) is 24.3 Å². The zero-order valence-corrected chi connectivity index (χ0v) is 13.0. The van der Waals surface area contributed by atoms with Crippen molar-refractivity contribution >= 4 is 28.5 Å². The molecule has 0 aliphatic carbocycles. The third-order valence-corrected chi connectivity index (χ3v) is 4.19. The molecule has 120 valence electrons. The van der Waals surface area contributed by atoms with Gasteiger partial charge in [-0.1, -0.05) is 6.07 Å². The molecule has 0 radical (unpaired) electrons. The Bertz CT molecular complexity index is 963. The van der Waals surface area contributed by atoms with Gasteiger partial charge in [-0.3, -0.25) is 19.7 Å². The monoisotopic (exact) mass is 321 g/mol. The molecule has 0 atom stereocenters. The van der Waals surface area contributed by atoms with E-state index in [4.69, 9.17) is 0 Å². The summed E-state index contributed by atoms with van der Waals surface area (Å²) in [6.07, 6.45) is 1.72. The molecule has 7 nitrogen and oxygen atoms in total. The first-order chi connectivity index (χ1) is 11.6. The van der Waals surface area contributed by atoms with Crippen LogP contribution in [0.15, 0.2) is 36.5 Å². The lowest BCUT2D eigenvalue weighted by Crippen LogP contribution is -2.23. The van der Waals surface area contributed by atoms with Crippen LogP contribution in [0.2, 0.25) is 0 Å². The van der Waals surface area contributed by atoms with Crippen LogP contribution in [0.5, 0.6) is 0 Å². The minimum atomic E-state index is -0.240. The average molecular weight is 321 g/mol. The number of aromatic nitrogens is 3. The lowest BCUT2D eigenvalue weighted by molar-refractivity contribution is -0.129. The van der Waals surface area contributed by atoms with E-state index in [1.807, 2.05) is 18.2 Å². The second kappa shape index (κ2) is 5.45. The standard InChI is InChI=1S/C17H15N5O2/c1-10(23)22-8-13-15(9-22)20-21-16(13)19-17(24)12-4-5-14-11(7-12)3-2-6-18-14/h2-7H,8-9H2,1H3,(H2,19,20,21,24). The quantitative estimate of drug-likeness (QED) is 0.756. The van der Waals surface area contributed by atoms with Crippen molar-refractivity contribution in [2.45, 2.75) is 20.0 Å². The molecule has 24 heavy (non-hydrogen) atoms. The van der Waals surface area contributed by atoms with Crippen LogP contribution in [0.1, 0.15) is 28.5 Å². The summed E-state index contributed by atoms with van der Waals surface area (Å²) in [5.74, 6) is 0.236.